The molecule has 2 rings (SSSR count). The molecule has 0 N–H and O–H groups in total. The number of thioether (sulfide) groups is 1. The minimum atomic E-state index is 0.394. The second-order valence-electron chi connectivity index (χ2n) is 5.11. The van der Waals surface area contributed by atoms with Gasteiger partial charge in [0.05, 0.1) is 17.8 Å². The van der Waals surface area contributed by atoms with Gasteiger partial charge in [0.1, 0.15) is 12.7 Å². The minimum Gasteiger partial charge on any atom is -0.500 e. The van der Waals surface area contributed by atoms with Gasteiger partial charge in [0.15, 0.2) is 0 Å². The third-order valence-corrected chi connectivity index (χ3v) is 4.68. The highest BCUT2D eigenvalue weighted by atomic mass is 32.2. The molecular formula is C14H22O2S. The fraction of sp³-hybridized carbons (Fsp3) is 0.714. The van der Waals surface area contributed by atoms with Crippen LogP contribution in [0.5, 0.6) is 0 Å². The number of hydrogen-bond acceptors (Lipinski definition) is 3. The average molecular weight is 254 g/mol. The first kappa shape index (κ1) is 12.9. The van der Waals surface area contributed by atoms with Crippen molar-refractivity contribution in [1.29, 1.82) is 0 Å². The third kappa shape index (κ3) is 3.21. The van der Waals surface area contributed by atoms with Crippen molar-refractivity contribution in [2.45, 2.75) is 44.5 Å². The second kappa shape index (κ2) is 5.85. The second-order valence-corrected chi connectivity index (χ2v) is 6.15. The molecule has 0 aliphatic carbocycles. The topological polar surface area (TPSA) is 18.5 Å². The van der Waals surface area contributed by atoms with Crippen LogP contribution in [0.2, 0.25) is 0 Å². The Morgan fingerprint density at radius 3 is 2.94 bits per heavy atom. The molecular weight excluding hydrogens is 232 g/mol. The van der Waals surface area contributed by atoms with Crippen molar-refractivity contribution in [3.8, 4) is 0 Å². The van der Waals surface area contributed by atoms with Crippen LogP contribution in [-0.2, 0) is 9.47 Å². The molecule has 0 fully saturated rings. The van der Waals surface area contributed by atoms with E-state index in [-0.39, 0.29) is 0 Å². The predicted molar refractivity (Wildman–Crippen MR) is 73.0 cm³/mol. The quantitative estimate of drug-likeness (QED) is 0.744. The highest BCUT2D eigenvalue weighted by molar-refractivity contribution is 7.99. The van der Waals surface area contributed by atoms with E-state index in [2.05, 4.69) is 20.1 Å². The number of rotatable bonds is 5. The summed E-state index contributed by atoms with van der Waals surface area (Å²) in [6.07, 6.45) is 9.87. The van der Waals surface area contributed by atoms with Gasteiger partial charge in [-0.3, -0.25) is 0 Å². The highest BCUT2D eigenvalue weighted by Crippen LogP contribution is 2.31. The van der Waals surface area contributed by atoms with Crippen molar-refractivity contribution in [3.05, 3.63) is 23.7 Å². The third-order valence-electron chi connectivity index (χ3n) is 3.67. The summed E-state index contributed by atoms with van der Waals surface area (Å²) >= 11 is 1.89. The molecule has 2 aliphatic rings. The summed E-state index contributed by atoms with van der Waals surface area (Å²) in [5.74, 6) is 0.618. The SMILES string of the molecule is CSC1COC=C1CCC(C)C1CC(C)=CO1. The first-order valence-corrected chi connectivity index (χ1v) is 7.64. The van der Waals surface area contributed by atoms with Gasteiger partial charge in [0.25, 0.3) is 0 Å². The lowest BCUT2D eigenvalue weighted by atomic mass is 9.93. The Balaban J connectivity index is 1.75. The van der Waals surface area contributed by atoms with E-state index in [1.807, 2.05) is 24.3 Å². The highest BCUT2D eigenvalue weighted by Gasteiger charge is 2.25. The monoisotopic (exact) mass is 254 g/mol. The molecule has 0 bridgehead atoms. The van der Waals surface area contributed by atoms with E-state index in [0.717, 1.165) is 19.4 Å². The van der Waals surface area contributed by atoms with Crippen LogP contribution in [0.3, 0.4) is 0 Å². The number of hydrogen-bond donors (Lipinski definition) is 0. The van der Waals surface area contributed by atoms with Gasteiger partial charge < -0.3 is 9.47 Å². The van der Waals surface area contributed by atoms with Gasteiger partial charge in [-0.25, -0.2) is 0 Å². The lowest BCUT2D eigenvalue weighted by Crippen LogP contribution is -2.17. The van der Waals surface area contributed by atoms with Gasteiger partial charge >= 0.3 is 0 Å². The van der Waals surface area contributed by atoms with Crippen LogP contribution in [0.15, 0.2) is 23.7 Å². The molecule has 0 aromatic heterocycles. The van der Waals surface area contributed by atoms with Crippen LogP contribution >= 0.6 is 11.8 Å². The van der Waals surface area contributed by atoms with Gasteiger partial charge in [-0.15, -0.1) is 0 Å². The van der Waals surface area contributed by atoms with Crippen LogP contribution in [-0.4, -0.2) is 24.2 Å². The average Bonchev–Trinajstić information content (AvgIpc) is 2.94. The molecule has 17 heavy (non-hydrogen) atoms. The maximum atomic E-state index is 5.68. The first-order valence-electron chi connectivity index (χ1n) is 6.35. The smallest absolute Gasteiger partial charge is 0.104 e. The van der Waals surface area contributed by atoms with Crippen LogP contribution in [0.1, 0.15) is 33.1 Å². The minimum absolute atomic E-state index is 0.394. The molecule has 96 valence electrons. The zero-order chi connectivity index (χ0) is 12.3. The summed E-state index contributed by atoms with van der Waals surface area (Å²) in [6.45, 7) is 5.29. The Kier molecular flexibility index (Phi) is 4.43. The zero-order valence-corrected chi connectivity index (χ0v) is 11.8. The Morgan fingerprint density at radius 2 is 2.29 bits per heavy atom. The van der Waals surface area contributed by atoms with Gasteiger partial charge in [-0.05, 0) is 43.1 Å². The summed E-state index contributed by atoms with van der Waals surface area (Å²) < 4.78 is 11.1. The van der Waals surface area contributed by atoms with Gasteiger partial charge in [0, 0.05) is 6.42 Å². The molecule has 3 unspecified atom stereocenters. The van der Waals surface area contributed by atoms with Crippen molar-refractivity contribution in [2.75, 3.05) is 12.9 Å². The van der Waals surface area contributed by atoms with Crippen molar-refractivity contribution >= 4 is 11.8 Å². The van der Waals surface area contributed by atoms with E-state index >= 15 is 0 Å². The molecule has 2 aliphatic heterocycles. The lowest BCUT2D eigenvalue weighted by molar-refractivity contribution is 0.112. The zero-order valence-electron chi connectivity index (χ0n) is 10.9. The van der Waals surface area contributed by atoms with Gasteiger partial charge in [-0.2, -0.15) is 11.8 Å². The molecule has 3 atom stereocenters. The van der Waals surface area contributed by atoms with Crippen LogP contribution in [0.25, 0.3) is 0 Å². The summed E-state index contributed by atoms with van der Waals surface area (Å²) in [5.41, 5.74) is 2.83. The van der Waals surface area contributed by atoms with E-state index in [4.69, 9.17) is 9.47 Å². The lowest BCUT2D eigenvalue weighted by Gasteiger charge is -2.20. The summed E-state index contributed by atoms with van der Waals surface area (Å²) in [4.78, 5) is 0. The van der Waals surface area contributed by atoms with Crippen LogP contribution in [0.4, 0.5) is 0 Å². The molecule has 0 amide bonds. The molecule has 0 saturated carbocycles. The van der Waals surface area contributed by atoms with Crippen LogP contribution in [0, 0.1) is 5.92 Å². The molecule has 2 nitrogen and oxygen atoms in total. The summed E-state index contributed by atoms with van der Waals surface area (Å²) in [7, 11) is 0. The Labute approximate surface area is 108 Å². The van der Waals surface area contributed by atoms with Gasteiger partial charge in [-0.1, -0.05) is 6.92 Å². The predicted octanol–water partition coefficient (Wildman–Crippen LogP) is 3.74. The standard InChI is InChI=1S/C14H22O2S/c1-10-6-13(16-7-10)11(2)4-5-12-8-15-9-14(12)17-3/h7-8,11,13-14H,4-6,9H2,1-3H3. The molecule has 3 heteroatoms. The Hall–Kier alpha value is -0.570. The molecule has 0 aromatic rings. The van der Waals surface area contributed by atoms with Crippen molar-refractivity contribution in [3.63, 3.8) is 0 Å². The van der Waals surface area contributed by atoms with Gasteiger partial charge in [0.2, 0.25) is 0 Å². The maximum Gasteiger partial charge on any atom is 0.104 e. The Bertz CT molecular complexity index is 322. The molecule has 0 saturated heterocycles. The Morgan fingerprint density at radius 1 is 1.47 bits per heavy atom. The maximum absolute atomic E-state index is 5.68. The van der Waals surface area contributed by atoms with Crippen LogP contribution < -0.4 is 0 Å². The van der Waals surface area contributed by atoms with E-state index in [1.54, 1.807) is 0 Å². The van der Waals surface area contributed by atoms with E-state index in [1.165, 1.54) is 17.6 Å². The fourth-order valence-electron chi connectivity index (χ4n) is 2.40. The molecule has 0 aromatic carbocycles. The van der Waals surface area contributed by atoms with Crippen molar-refractivity contribution in [1.82, 2.24) is 0 Å². The normalized spacial score (nSPS) is 29.4. The van der Waals surface area contributed by atoms with Crippen molar-refractivity contribution < 1.29 is 9.47 Å². The largest absolute Gasteiger partial charge is 0.500 e. The molecule has 2 heterocycles. The first-order chi connectivity index (χ1) is 8.20. The van der Waals surface area contributed by atoms with Crippen molar-refractivity contribution in [2.24, 2.45) is 5.92 Å². The fourth-order valence-corrected chi connectivity index (χ4v) is 3.09. The number of ether oxygens (including phenoxy) is 2. The van der Waals surface area contributed by atoms with E-state index in [0.29, 0.717) is 17.3 Å². The van der Waals surface area contributed by atoms with E-state index < -0.39 is 0 Å². The molecule has 0 radical (unpaired) electrons. The molecule has 0 spiro atoms. The summed E-state index contributed by atoms with van der Waals surface area (Å²) in [6, 6.07) is 0. The summed E-state index contributed by atoms with van der Waals surface area (Å²) in [5, 5.41) is 0.576. The van der Waals surface area contributed by atoms with E-state index in [9.17, 15) is 0 Å².